The van der Waals surface area contributed by atoms with Gasteiger partial charge in [0.2, 0.25) is 11.8 Å². The van der Waals surface area contributed by atoms with E-state index in [0.717, 1.165) is 38.5 Å². The highest BCUT2D eigenvalue weighted by Crippen LogP contribution is 2.30. The van der Waals surface area contributed by atoms with E-state index >= 15 is 0 Å². The fourth-order valence-corrected chi connectivity index (χ4v) is 7.23. The molecule has 0 bridgehead atoms. The summed E-state index contributed by atoms with van der Waals surface area (Å²) < 4.78 is 11.8. The fourth-order valence-electron chi connectivity index (χ4n) is 7.23. The molecule has 1 heterocycles. The van der Waals surface area contributed by atoms with Crippen LogP contribution in [0.1, 0.15) is 168 Å². The summed E-state index contributed by atoms with van der Waals surface area (Å²) in [5, 5.41) is 32.8. The highest BCUT2D eigenvalue weighted by Gasteiger charge is 2.53. The Morgan fingerprint density at radius 1 is 0.741 bits per heavy atom. The van der Waals surface area contributed by atoms with Crippen molar-refractivity contribution in [3.8, 4) is 0 Å². The van der Waals surface area contributed by atoms with E-state index in [4.69, 9.17) is 15.2 Å². The first-order valence-electron chi connectivity index (χ1n) is 21.4. The van der Waals surface area contributed by atoms with Gasteiger partial charge >= 0.3 is 6.09 Å². The van der Waals surface area contributed by atoms with Gasteiger partial charge in [0.1, 0.15) is 31.0 Å². The highest BCUT2D eigenvalue weighted by molar-refractivity contribution is 5.95. The van der Waals surface area contributed by atoms with Gasteiger partial charge in [-0.25, -0.2) is 9.69 Å². The molecule has 1 aliphatic heterocycles. The summed E-state index contributed by atoms with van der Waals surface area (Å²) in [4.78, 5) is 43.8. The van der Waals surface area contributed by atoms with Crippen LogP contribution in [0.3, 0.4) is 0 Å². The summed E-state index contributed by atoms with van der Waals surface area (Å²) in [5.41, 5.74) is 6.70. The summed E-state index contributed by atoms with van der Waals surface area (Å²) >= 11 is 0. The van der Waals surface area contributed by atoms with Gasteiger partial charge in [-0.15, -0.1) is 0 Å². The lowest BCUT2D eigenvalue weighted by Crippen LogP contribution is -2.71. The zero-order chi connectivity index (χ0) is 39.6. The van der Waals surface area contributed by atoms with E-state index in [-0.39, 0.29) is 25.5 Å². The lowest BCUT2D eigenvalue weighted by molar-refractivity contribution is -0.244. The fraction of sp³-hybridized carbons (Fsp3) is 0.791. The number of carbonyl (C=O) groups excluding carboxylic acids is 3. The first-order chi connectivity index (χ1) is 26.2. The smallest absolute Gasteiger partial charge is 0.417 e. The molecule has 11 nitrogen and oxygen atoms in total. The molecule has 0 radical (unpaired) electrons. The van der Waals surface area contributed by atoms with E-state index < -0.39 is 55.2 Å². The maximum absolute atomic E-state index is 14.1. The third kappa shape index (κ3) is 17.5. The van der Waals surface area contributed by atoms with Crippen molar-refractivity contribution in [3.05, 3.63) is 35.9 Å². The largest absolute Gasteiger partial charge is 0.444 e. The average molecular weight is 762 g/mol. The summed E-state index contributed by atoms with van der Waals surface area (Å²) in [7, 11) is 0. The molecule has 0 aliphatic carbocycles. The number of aliphatic hydroxyl groups excluding tert-OH is 3. The molecule has 0 spiro atoms. The maximum Gasteiger partial charge on any atom is 0.417 e. The van der Waals surface area contributed by atoms with Crippen LogP contribution in [0.25, 0.3) is 0 Å². The second kappa shape index (κ2) is 28.8. The topological polar surface area (TPSA) is 163 Å². The van der Waals surface area contributed by atoms with Crippen LogP contribution in [-0.4, -0.2) is 92.8 Å². The number of benzene rings is 1. The third-order valence-electron chi connectivity index (χ3n) is 10.6. The molecular weight excluding hydrogens is 686 g/mol. The molecule has 2 rings (SSSR count). The van der Waals surface area contributed by atoms with Crippen molar-refractivity contribution in [2.45, 2.75) is 205 Å². The number of hydrogen-bond donors (Lipinski definition) is 4. The van der Waals surface area contributed by atoms with Crippen molar-refractivity contribution in [2.75, 3.05) is 13.2 Å². The number of carbonyl (C=O) groups is 3. The zero-order valence-corrected chi connectivity index (χ0v) is 33.9. The molecule has 3 amide bonds. The van der Waals surface area contributed by atoms with E-state index in [2.05, 4.69) is 13.8 Å². The monoisotopic (exact) mass is 762 g/mol. The van der Waals surface area contributed by atoms with Gasteiger partial charge in [0.05, 0.1) is 12.6 Å². The summed E-state index contributed by atoms with van der Waals surface area (Å²) in [6.07, 6.45) is 16.7. The Hall–Kier alpha value is -2.57. The Balaban J connectivity index is 2.23. The lowest BCUT2D eigenvalue weighted by atomic mass is 9.93. The van der Waals surface area contributed by atoms with Gasteiger partial charge in [-0.2, -0.15) is 0 Å². The first kappa shape index (κ1) is 47.6. The number of nitrogens with zero attached hydrogens (tertiary/aromatic N) is 2. The summed E-state index contributed by atoms with van der Waals surface area (Å²) in [5.74, 6) is -1.08. The molecule has 6 atom stereocenters. The van der Waals surface area contributed by atoms with E-state index in [1.165, 1.54) is 95.3 Å². The van der Waals surface area contributed by atoms with E-state index in [0.29, 0.717) is 23.3 Å². The minimum absolute atomic E-state index is 0.154. The van der Waals surface area contributed by atoms with Crippen LogP contribution in [0, 0.1) is 0 Å². The molecule has 0 unspecified atom stereocenters. The average Bonchev–Trinajstić information content (AvgIpc) is 3.17. The van der Waals surface area contributed by atoms with Gasteiger partial charge in [0, 0.05) is 13.0 Å². The van der Waals surface area contributed by atoms with Gasteiger partial charge < -0.3 is 35.4 Å². The Bertz CT molecular complexity index is 1140. The van der Waals surface area contributed by atoms with Crippen molar-refractivity contribution in [1.82, 2.24) is 9.80 Å². The predicted molar refractivity (Wildman–Crippen MR) is 213 cm³/mol. The molecule has 0 aromatic heterocycles. The van der Waals surface area contributed by atoms with Crippen LogP contribution in [0.4, 0.5) is 4.79 Å². The van der Waals surface area contributed by atoms with E-state index in [9.17, 15) is 29.7 Å². The van der Waals surface area contributed by atoms with Crippen molar-refractivity contribution in [1.29, 1.82) is 0 Å². The number of nitrogens with two attached hydrogens (primary N) is 1. The molecule has 1 saturated heterocycles. The Morgan fingerprint density at radius 2 is 1.22 bits per heavy atom. The minimum atomic E-state index is -1.75. The highest BCUT2D eigenvalue weighted by atomic mass is 16.6. The standard InChI is InChI=1S/C43H75N3O8/c1-4-6-8-10-12-14-16-17-19-21-26-30-37(48)45(31-27-22-20-18-15-13-11-9-7-5-2)42-38(40(50)39(49)36(32-47)54-42)46(41(51)34(3)44)43(52)53-33-35-28-24-23-25-29-35/h23-25,28-29,34,36,38-40,42,47,49-50H,4-22,26-27,30-33,44H2,1-3H3/t34-,36+,38+,39+,40+,42+/m0/s1. The van der Waals surface area contributed by atoms with Crippen LogP contribution in [0.15, 0.2) is 30.3 Å². The SMILES string of the molecule is CCCCCCCCCCCCCC(=O)N(CCCCCCCCCCCC)[C@@H]1O[C@H](CO)[C@@H](O)[C@H](O)[C@H]1N(C(=O)OCc1ccccc1)C(=O)[C@H](C)N. The van der Waals surface area contributed by atoms with Gasteiger partial charge in [-0.05, 0) is 25.3 Å². The van der Waals surface area contributed by atoms with E-state index in [1.54, 1.807) is 24.3 Å². The van der Waals surface area contributed by atoms with Gasteiger partial charge in [-0.1, -0.05) is 166 Å². The Labute approximate surface area is 326 Å². The first-order valence-corrected chi connectivity index (χ1v) is 21.4. The molecule has 1 aromatic carbocycles. The van der Waals surface area contributed by atoms with Crippen molar-refractivity contribution < 1.29 is 39.2 Å². The quantitative estimate of drug-likeness (QED) is 0.0598. The number of hydrogen-bond acceptors (Lipinski definition) is 9. The number of ether oxygens (including phenoxy) is 2. The van der Waals surface area contributed by atoms with Crippen LogP contribution >= 0.6 is 0 Å². The Morgan fingerprint density at radius 3 is 1.70 bits per heavy atom. The number of unbranched alkanes of at least 4 members (excludes halogenated alkanes) is 19. The molecule has 5 N–H and O–H groups in total. The number of rotatable bonds is 29. The molecule has 1 fully saturated rings. The molecule has 54 heavy (non-hydrogen) atoms. The lowest BCUT2D eigenvalue weighted by Gasteiger charge is -2.49. The predicted octanol–water partition coefficient (Wildman–Crippen LogP) is 7.76. The summed E-state index contributed by atoms with van der Waals surface area (Å²) in [6, 6.07) is 6.24. The van der Waals surface area contributed by atoms with Gasteiger partial charge in [0.25, 0.3) is 0 Å². The van der Waals surface area contributed by atoms with Gasteiger partial charge in [-0.3, -0.25) is 9.59 Å². The van der Waals surface area contributed by atoms with Crippen LogP contribution in [-0.2, 0) is 25.7 Å². The van der Waals surface area contributed by atoms with Crippen LogP contribution in [0.5, 0.6) is 0 Å². The number of aliphatic hydroxyl groups is 3. The molecule has 1 aliphatic rings. The van der Waals surface area contributed by atoms with Crippen LogP contribution < -0.4 is 5.73 Å². The second-order valence-electron chi connectivity index (χ2n) is 15.3. The zero-order valence-electron chi connectivity index (χ0n) is 33.9. The maximum atomic E-state index is 14.1. The molecule has 11 heteroatoms. The summed E-state index contributed by atoms with van der Waals surface area (Å²) in [6.45, 7) is 5.32. The molecular formula is C43H75N3O8. The second-order valence-corrected chi connectivity index (χ2v) is 15.3. The third-order valence-corrected chi connectivity index (χ3v) is 10.6. The minimum Gasteiger partial charge on any atom is -0.444 e. The van der Waals surface area contributed by atoms with Gasteiger partial charge in [0.15, 0.2) is 6.23 Å². The van der Waals surface area contributed by atoms with E-state index in [1.807, 2.05) is 6.07 Å². The molecule has 1 aromatic rings. The van der Waals surface area contributed by atoms with Crippen molar-refractivity contribution >= 4 is 17.9 Å². The van der Waals surface area contributed by atoms with Crippen LogP contribution in [0.2, 0.25) is 0 Å². The number of amides is 3. The van der Waals surface area contributed by atoms with Crippen molar-refractivity contribution in [3.63, 3.8) is 0 Å². The van der Waals surface area contributed by atoms with Crippen molar-refractivity contribution in [2.24, 2.45) is 5.73 Å². The number of imide groups is 1. The normalized spacial score (nSPS) is 20.4. The molecule has 0 saturated carbocycles. The Kier molecular flexibility index (Phi) is 25.4. The molecule has 310 valence electrons.